The average molecular weight is 291 g/mol. The number of aromatic nitrogens is 4. The average Bonchev–Trinajstić information content (AvgIpc) is 3.18. The molecule has 5 nitrogen and oxygen atoms in total. The van der Waals surface area contributed by atoms with Crippen LogP contribution in [0.25, 0.3) is 0 Å². The van der Waals surface area contributed by atoms with Gasteiger partial charge in [0.05, 0.1) is 23.6 Å². The van der Waals surface area contributed by atoms with Crippen LogP contribution in [0, 0.1) is 12.9 Å². The molecule has 0 saturated heterocycles. The van der Waals surface area contributed by atoms with Crippen molar-refractivity contribution in [1.82, 2.24) is 19.6 Å². The van der Waals surface area contributed by atoms with Crippen molar-refractivity contribution in [2.75, 3.05) is 5.32 Å². The van der Waals surface area contributed by atoms with E-state index in [1.165, 1.54) is 30.4 Å². The zero-order valence-corrected chi connectivity index (χ0v) is 12.6. The van der Waals surface area contributed by atoms with Gasteiger partial charge in [-0.3, -0.25) is 4.68 Å². The van der Waals surface area contributed by atoms with Crippen LogP contribution in [0.5, 0.6) is 0 Å². The Bertz CT molecular complexity index is 610. The molecule has 0 spiro atoms. The zero-order chi connectivity index (χ0) is 14.8. The molecule has 1 saturated carbocycles. The van der Waals surface area contributed by atoms with E-state index < -0.39 is 0 Å². The summed E-state index contributed by atoms with van der Waals surface area (Å²) in [5.74, 6) is -0.245. The third-order valence-corrected chi connectivity index (χ3v) is 4.25. The Balaban J connectivity index is 1.66. The van der Waals surface area contributed by atoms with Gasteiger partial charge in [-0.05, 0) is 26.7 Å². The van der Waals surface area contributed by atoms with Crippen molar-refractivity contribution in [3.05, 3.63) is 29.6 Å². The molecule has 0 amide bonds. The highest BCUT2D eigenvalue weighted by Crippen LogP contribution is 2.29. The molecule has 0 aromatic carbocycles. The second kappa shape index (κ2) is 5.87. The van der Waals surface area contributed by atoms with Gasteiger partial charge in [0.1, 0.15) is 0 Å². The van der Waals surface area contributed by atoms with Gasteiger partial charge >= 0.3 is 0 Å². The lowest BCUT2D eigenvalue weighted by Gasteiger charge is -2.08. The topological polar surface area (TPSA) is 47.7 Å². The zero-order valence-electron chi connectivity index (χ0n) is 12.6. The Kier molecular flexibility index (Phi) is 3.94. The summed E-state index contributed by atoms with van der Waals surface area (Å²) in [5.41, 5.74) is 2.31. The van der Waals surface area contributed by atoms with Gasteiger partial charge in [0, 0.05) is 24.8 Å². The summed E-state index contributed by atoms with van der Waals surface area (Å²) in [7, 11) is 0. The molecule has 0 unspecified atom stereocenters. The second-order valence-corrected chi connectivity index (χ2v) is 5.67. The maximum absolute atomic E-state index is 14.1. The highest BCUT2D eigenvalue weighted by molar-refractivity contribution is 5.39. The normalized spacial score (nSPS) is 15.8. The second-order valence-electron chi connectivity index (χ2n) is 5.67. The first kappa shape index (κ1) is 14.1. The number of hydrogen-bond donors (Lipinski definition) is 1. The molecule has 3 rings (SSSR count). The third-order valence-electron chi connectivity index (χ3n) is 4.25. The summed E-state index contributed by atoms with van der Waals surface area (Å²) in [6, 6.07) is 0.530. The van der Waals surface area contributed by atoms with E-state index >= 15 is 0 Å². The van der Waals surface area contributed by atoms with Gasteiger partial charge in [0.2, 0.25) is 5.95 Å². The smallest absolute Gasteiger partial charge is 0.216 e. The molecule has 21 heavy (non-hydrogen) atoms. The number of aryl methyl sites for hydroxylation is 2. The van der Waals surface area contributed by atoms with E-state index in [0.29, 0.717) is 24.7 Å². The van der Waals surface area contributed by atoms with Crippen LogP contribution in [0.3, 0.4) is 0 Å². The fraction of sp³-hybridized carbons (Fsp3) is 0.600. The quantitative estimate of drug-likeness (QED) is 0.919. The Labute approximate surface area is 124 Å². The first-order valence-corrected chi connectivity index (χ1v) is 7.69. The summed E-state index contributed by atoms with van der Waals surface area (Å²) in [6.07, 6.45) is 8.82. The lowest BCUT2D eigenvalue weighted by Crippen LogP contribution is -2.05. The molecule has 6 heteroatoms. The van der Waals surface area contributed by atoms with Gasteiger partial charge in [-0.1, -0.05) is 12.8 Å². The number of anilines is 1. The molecule has 2 aromatic rings. The fourth-order valence-electron chi connectivity index (χ4n) is 2.99. The molecule has 2 heterocycles. The highest BCUT2D eigenvalue weighted by Gasteiger charge is 2.18. The van der Waals surface area contributed by atoms with Gasteiger partial charge in [-0.2, -0.15) is 14.6 Å². The van der Waals surface area contributed by atoms with E-state index in [4.69, 9.17) is 0 Å². The standard InChI is InChI=1S/C15H22FN5/c1-3-20-15(16)14(11(2)19-20)9-17-12-8-18-21(10-12)13-6-4-5-7-13/h8,10,13,17H,3-7,9H2,1-2H3. The van der Waals surface area contributed by atoms with Crippen LogP contribution in [0.15, 0.2) is 12.4 Å². The Hall–Kier alpha value is -1.85. The molecule has 114 valence electrons. The SMILES string of the molecule is CCn1nc(C)c(CNc2cnn(C3CCCC3)c2)c1F. The minimum absolute atomic E-state index is 0.245. The van der Waals surface area contributed by atoms with Crippen molar-refractivity contribution in [3.63, 3.8) is 0 Å². The maximum Gasteiger partial charge on any atom is 0.216 e. The molecule has 1 aliphatic carbocycles. The summed E-state index contributed by atoms with van der Waals surface area (Å²) >= 11 is 0. The number of halogens is 1. The third kappa shape index (κ3) is 2.80. The van der Waals surface area contributed by atoms with Crippen molar-refractivity contribution in [3.8, 4) is 0 Å². The molecule has 0 atom stereocenters. The number of nitrogens with zero attached hydrogens (tertiary/aromatic N) is 4. The van der Waals surface area contributed by atoms with Crippen molar-refractivity contribution >= 4 is 5.69 Å². The van der Waals surface area contributed by atoms with Gasteiger partial charge in [0.25, 0.3) is 0 Å². The maximum atomic E-state index is 14.1. The molecule has 0 aliphatic heterocycles. The molecule has 1 N–H and O–H groups in total. The first-order valence-electron chi connectivity index (χ1n) is 7.69. The minimum Gasteiger partial charge on any atom is -0.378 e. The molecule has 0 bridgehead atoms. The Morgan fingerprint density at radius 1 is 1.38 bits per heavy atom. The fourth-order valence-corrected chi connectivity index (χ4v) is 2.99. The largest absolute Gasteiger partial charge is 0.378 e. The number of hydrogen-bond acceptors (Lipinski definition) is 3. The van der Waals surface area contributed by atoms with Crippen molar-refractivity contribution in [2.45, 2.75) is 58.7 Å². The van der Waals surface area contributed by atoms with Crippen LogP contribution >= 0.6 is 0 Å². The van der Waals surface area contributed by atoms with Crippen LogP contribution in [0.2, 0.25) is 0 Å². The van der Waals surface area contributed by atoms with E-state index in [2.05, 4.69) is 15.5 Å². The van der Waals surface area contributed by atoms with Gasteiger partial charge < -0.3 is 5.32 Å². The summed E-state index contributed by atoms with van der Waals surface area (Å²) < 4.78 is 17.5. The van der Waals surface area contributed by atoms with E-state index in [1.54, 1.807) is 0 Å². The van der Waals surface area contributed by atoms with Crippen molar-refractivity contribution < 1.29 is 4.39 Å². The van der Waals surface area contributed by atoms with E-state index in [1.807, 2.05) is 30.9 Å². The molecular weight excluding hydrogens is 269 g/mol. The highest BCUT2D eigenvalue weighted by atomic mass is 19.1. The van der Waals surface area contributed by atoms with Crippen LogP contribution in [0.1, 0.15) is 49.9 Å². The van der Waals surface area contributed by atoms with E-state index in [0.717, 1.165) is 11.4 Å². The van der Waals surface area contributed by atoms with Gasteiger partial charge in [-0.15, -0.1) is 0 Å². The Morgan fingerprint density at radius 2 is 2.14 bits per heavy atom. The summed E-state index contributed by atoms with van der Waals surface area (Å²) in [6.45, 7) is 4.72. The van der Waals surface area contributed by atoms with Gasteiger partial charge in [-0.25, -0.2) is 4.68 Å². The molecule has 1 fully saturated rings. The van der Waals surface area contributed by atoms with Crippen LogP contribution < -0.4 is 5.32 Å². The Morgan fingerprint density at radius 3 is 2.81 bits per heavy atom. The predicted molar refractivity (Wildman–Crippen MR) is 79.7 cm³/mol. The van der Waals surface area contributed by atoms with Crippen LogP contribution in [0.4, 0.5) is 10.1 Å². The molecule has 1 aliphatic rings. The van der Waals surface area contributed by atoms with E-state index in [-0.39, 0.29) is 5.95 Å². The monoisotopic (exact) mass is 291 g/mol. The molecule has 2 aromatic heterocycles. The van der Waals surface area contributed by atoms with Gasteiger partial charge in [0.15, 0.2) is 0 Å². The predicted octanol–water partition coefficient (Wildman–Crippen LogP) is 3.27. The minimum atomic E-state index is -0.245. The summed E-state index contributed by atoms with van der Waals surface area (Å²) in [4.78, 5) is 0. The number of nitrogens with one attached hydrogen (secondary N) is 1. The first-order chi connectivity index (χ1) is 10.2. The van der Waals surface area contributed by atoms with Crippen LogP contribution in [-0.4, -0.2) is 19.6 Å². The summed E-state index contributed by atoms with van der Waals surface area (Å²) in [5, 5.41) is 11.9. The molecular formula is C15H22FN5. The molecule has 0 radical (unpaired) electrons. The van der Waals surface area contributed by atoms with Crippen molar-refractivity contribution in [2.24, 2.45) is 0 Å². The lowest BCUT2D eigenvalue weighted by atomic mass is 10.2. The van der Waals surface area contributed by atoms with Crippen LogP contribution in [-0.2, 0) is 13.1 Å². The van der Waals surface area contributed by atoms with Crippen molar-refractivity contribution in [1.29, 1.82) is 0 Å². The lowest BCUT2D eigenvalue weighted by molar-refractivity contribution is 0.464. The van der Waals surface area contributed by atoms with E-state index in [9.17, 15) is 4.39 Å². The number of rotatable bonds is 5.